The SMILES string of the molecule is O=S(=O)(O)c1cc(Oc2ccc(Cl)cc2Cl)ccc1NCC(O)CCl. The quantitative estimate of drug-likeness (QED) is 0.457. The molecule has 3 N–H and O–H groups in total. The van der Waals surface area contributed by atoms with Crippen LogP contribution in [0.1, 0.15) is 0 Å². The molecule has 0 saturated carbocycles. The van der Waals surface area contributed by atoms with E-state index < -0.39 is 21.1 Å². The highest BCUT2D eigenvalue weighted by Gasteiger charge is 2.18. The Bertz CT molecular complexity index is 860. The normalized spacial score (nSPS) is 12.7. The Morgan fingerprint density at radius 3 is 2.48 bits per heavy atom. The third kappa shape index (κ3) is 5.64. The van der Waals surface area contributed by atoms with Crippen LogP contribution in [0.3, 0.4) is 0 Å². The topological polar surface area (TPSA) is 95.9 Å². The number of alkyl halides is 1. The smallest absolute Gasteiger partial charge is 0.296 e. The zero-order valence-electron chi connectivity index (χ0n) is 12.6. The zero-order valence-corrected chi connectivity index (χ0v) is 15.7. The van der Waals surface area contributed by atoms with Crippen LogP contribution in [-0.2, 0) is 10.1 Å². The molecule has 0 heterocycles. The van der Waals surface area contributed by atoms with E-state index in [0.29, 0.717) is 5.02 Å². The van der Waals surface area contributed by atoms with Gasteiger partial charge in [0.2, 0.25) is 0 Å². The molecule has 136 valence electrons. The summed E-state index contributed by atoms with van der Waals surface area (Å²) in [6.45, 7) is 0.00916. The summed E-state index contributed by atoms with van der Waals surface area (Å²) in [6.07, 6.45) is -0.875. The van der Waals surface area contributed by atoms with Crippen molar-refractivity contribution in [3.8, 4) is 11.5 Å². The lowest BCUT2D eigenvalue weighted by molar-refractivity contribution is 0.211. The zero-order chi connectivity index (χ0) is 18.6. The maximum atomic E-state index is 11.6. The van der Waals surface area contributed by atoms with Crippen molar-refractivity contribution in [2.24, 2.45) is 0 Å². The van der Waals surface area contributed by atoms with E-state index in [4.69, 9.17) is 39.5 Å². The largest absolute Gasteiger partial charge is 0.456 e. The van der Waals surface area contributed by atoms with Gasteiger partial charge in [-0.05, 0) is 30.3 Å². The molecule has 0 aliphatic heterocycles. The van der Waals surface area contributed by atoms with Crippen molar-refractivity contribution in [1.29, 1.82) is 0 Å². The van der Waals surface area contributed by atoms with Crippen molar-refractivity contribution in [2.45, 2.75) is 11.0 Å². The predicted octanol–water partition coefficient (Wildman–Crippen LogP) is 4.04. The molecule has 1 unspecified atom stereocenters. The standard InChI is InChI=1S/C15H14Cl3NO5S/c16-7-10(20)8-19-13-3-2-11(6-15(13)25(21,22)23)24-14-4-1-9(17)5-12(14)18/h1-6,10,19-20H,7-8H2,(H,21,22,23). The highest BCUT2D eigenvalue weighted by Crippen LogP contribution is 2.34. The van der Waals surface area contributed by atoms with Crippen LogP contribution in [0, 0.1) is 0 Å². The number of rotatable bonds is 7. The van der Waals surface area contributed by atoms with Gasteiger partial charge in [-0.3, -0.25) is 4.55 Å². The van der Waals surface area contributed by atoms with Crippen LogP contribution in [0.2, 0.25) is 10.0 Å². The van der Waals surface area contributed by atoms with Gasteiger partial charge in [-0.25, -0.2) is 0 Å². The molecule has 0 spiro atoms. The van der Waals surface area contributed by atoms with Gasteiger partial charge in [0, 0.05) is 17.6 Å². The first-order valence-electron chi connectivity index (χ1n) is 6.93. The van der Waals surface area contributed by atoms with Crippen molar-refractivity contribution in [1.82, 2.24) is 0 Å². The fourth-order valence-electron chi connectivity index (χ4n) is 1.89. The molecular formula is C15H14Cl3NO5S. The summed E-state index contributed by atoms with van der Waals surface area (Å²) in [6, 6.07) is 8.58. The van der Waals surface area contributed by atoms with Crippen molar-refractivity contribution >= 4 is 50.6 Å². The molecule has 6 nitrogen and oxygen atoms in total. The van der Waals surface area contributed by atoms with Crippen LogP contribution in [0.25, 0.3) is 0 Å². The molecule has 0 amide bonds. The maximum absolute atomic E-state index is 11.6. The van der Waals surface area contributed by atoms with Crippen molar-refractivity contribution in [3.63, 3.8) is 0 Å². The van der Waals surface area contributed by atoms with E-state index in [2.05, 4.69) is 5.32 Å². The minimum absolute atomic E-state index is 0.00916. The lowest BCUT2D eigenvalue weighted by atomic mass is 10.2. The second-order valence-corrected chi connectivity index (χ2v) is 7.54. The van der Waals surface area contributed by atoms with Crippen LogP contribution in [0.4, 0.5) is 5.69 Å². The molecular weight excluding hydrogens is 413 g/mol. The Kier molecular flexibility index (Phi) is 6.79. The van der Waals surface area contributed by atoms with Gasteiger partial charge in [-0.15, -0.1) is 11.6 Å². The molecule has 10 heteroatoms. The number of nitrogens with one attached hydrogen (secondary N) is 1. The van der Waals surface area contributed by atoms with Crippen molar-refractivity contribution in [3.05, 3.63) is 46.4 Å². The summed E-state index contributed by atoms with van der Waals surface area (Å²) >= 11 is 17.3. The predicted molar refractivity (Wildman–Crippen MR) is 98.0 cm³/mol. The number of ether oxygens (including phenoxy) is 1. The van der Waals surface area contributed by atoms with Crippen LogP contribution in [-0.4, -0.2) is 36.6 Å². The lowest BCUT2D eigenvalue weighted by Gasteiger charge is -2.14. The number of anilines is 1. The Labute approximate surface area is 160 Å². The third-order valence-electron chi connectivity index (χ3n) is 3.06. The van der Waals surface area contributed by atoms with Gasteiger partial charge in [-0.1, -0.05) is 23.2 Å². The average molecular weight is 427 g/mol. The third-order valence-corrected chi connectivity index (χ3v) is 4.84. The summed E-state index contributed by atoms with van der Waals surface area (Å²) in [5, 5.41) is 12.8. The number of halogens is 3. The summed E-state index contributed by atoms with van der Waals surface area (Å²) < 4.78 is 38.2. The molecule has 25 heavy (non-hydrogen) atoms. The van der Waals surface area contributed by atoms with E-state index in [9.17, 15) is 18.1 Å². The molecule has 0 saturated heterocycles. The minimum atomic E-state index is -4.53. The second-order valence-electron chi connectivity index (χ2n) is 5.00. The van der Waals surface area contributed by atoms with E-state index in [1.807, 2.05) is 0 Å². The van der Waals surface area contributed by atoms with Gasteiger partial charge in [0.15, 0.2) is 0 Å². The Morgan fingerprint density at radius 2 is 1.88 bits per heavy atom. The first kappa shape index (κ1) is 20.1. The van der Waals surface area contributed by atoms with Crippen molar-refractivity contribution < 1.29 is 22.8 Å². The fourth-order valence-corrected chi connectivity index (χ4v) is 3.13. The van der Waals surface area contributed by atoms with Gasteiger partial charge < -0.3 is 15.2 Å². The van der Waals surface area contributed by atoms with E-state index in [1.54, 1.807) is 6.07 Å². The molecule has 2 aromatic carbocycles. The molecule has 0 radical (unpaired) electrons. The number of benzene rings is 2. The molecule has 1 atom stereocenters. The second kappa shape index (κ2) is 8.44. The lowest BCUT2D eigenvalue weighted by Crippen LogP contribution is -2.21. The van der Waals surface area contributed by atoms with Crippen LogP contribution >= 0.6 is 34.8 Å². The molecule has 0 fully saturated rings. The summed E-state index contributed by atoms with van der Waals surface area (Å²) in [5.41, 5.74) is 0.0984. The van der Waals surface area contributed by atoms with Crippen LogP contribution in [0.5, 0.6) is 11.5 Å². The number of hydrogen-bond donors (Lipinski definition) is 3. The van der Waals surface area contributed by atoms with Gasteiger partial charge >= 0.3 is 0 Å². The molecule has 0 aliphatic rings. The number of hydrogen-bond acceptors (Lipinski definition) is 5. The highest BCUT2D eigenvalue weighted by atomic mass is 35.5. The summed E-state index contributed by atoms with van der Waals surface area (Å²) in [5.74, 6) is 0.385. The molecule has 2 aromatic rings. The molecule has 0 aromatic heterocycles. The summed E-state index contributed by atoms with van der Waals surface area (Å²) in [7, 11) is -4.53. The minimum Gasteiger partial charge on any atom is -0.456 e. The van der Waals surface area contributed by atoms with E-state index in [-0.39, 0.29) is 34.6 Å². The highest BCUT2D eigenvalue weighted by molar-refractivity contribution is 7.86. The van der Waals surface area contributed by atoms with E-state index in [1.165, 1.54) is 24.3 Å². The van der Waals surface area contributed by atoms with Gasteiger partial charge in [0.05, 0.1) is 22.7 Å². The average Bonchev–Trinajstić information content (AvgIpc) is 2.55. The van der Waals surface area contributed by atoms with Crippen LogP contribution in [0.15, 0.2) is 41.3 Å². The molecule has 0 bridgehead atoms. The number of aliphatic hydroxyl groups is 1. The van der Waals surface area contributed by atoms with Crippen LogP contribution < -0.4 is 10.1 Å². The fraction of sp³-hybridized carbons (Fsp3) is 0.200. The first-order valence-corrected chi connectivity index (χ1v) is 9.66. The molecule has 0 aliphatic carbocycles. The Hall–Kier alpha value is -1.22. The first-order chi connectivity index (χ1) is 11.7. The number of aliphatic hydroxyl groups excluding tert-OH is 1. The maximum Gasteiger partial charge on any atom is 0.296 e. The van der Waals surface area contributed by atoms with Crippen molar-refractivity contribution in [2.75, 3.05) is 17.7 Å². The van der Waals surface area contributed by atoms with E-state index in [0.717, 1.165) is 6.07 Å². The van der Waals surface area contributed by atoms with Gasteiger partial charge in [-0.2, -0.15) is 8.42 Å². The Balaban J connectivity index is 2.32. The summed E-state index contributed by atoms with van der Waals surface area (Å²) in [4.78, 5) is -0.406. The van der Waals surface area contributed by atoms with Gasteiger partial charge in [0.1, 0.15) is 16.4 Å². The molecule has 2 rings (SSSR count). The Morgan fingerprint density at radius 1 is 1.16 bits per heavy atom. The van der Waals surface area contributed by atoms with Gasteiger partial charge in [0.25, 0.3) is 10.1 Å². The monoisotopic (exact) mass is 425 g/mol. The van der Waals surface area contributed by atoms with E-state index >= 15 is 0 Å².